The lowest BCUT2D eigenvalue weighted by Gasteiger charge is -2.35. The van der Waals surface area contributed by atoms with Crippen molar-refractivity contribution in [3.05, 3.63) is 94.7 Å². The number of para-hydroxylation sites is 2. The number of ether oxygens (including phenoxy) is 2. The van der Waals surface area contributed by atoms with Crippen LogP contribution in [0, 0.1) is 6.92 Å². The lowest BCUT2D eigenvalue weighted by molar-refractivity contribution is -0.119. The van der Waals surface area contributed by atoms with Crippen LogP contribution in [0.1, 0.15) is 54.8 Å². The zero-order chi connectivity index (χ0) is 26.1. The number of amides is 1. The maximum absolute atomic E-state index is 14.0. The third-order valence-corrected chi connectivity index (χ3v) is 7.33. The van der Waals surface area contributed by atoms with Gasteiger partial charge in [-0.05, 0) is 54.7 Å². The molecule has 0 saturated carbocycles. The van der Waals surface area contributed by atoms with Crippen LogP contribution in [0.3, 0.4) is 0 Å². The second-order valence-corrected chi connectivity index (χ2v) is 9.61. The number of hydrogen-bond acceptors (Lipinski definition) is 5. The highest BCUT2D eigenvalue weighted by molar-refractivity contribution is 6.06. The van der Waals surface area contributed by atoms with Crippen LogP contribution in [0.2, 0.25) is 0 Å². The van der Waals surface area contributed by atoms with E-state index in [-0.39, 0.29) is 17.6 Å². The van der Waals surface area contributed by atoms with Gasteiger partial charge < -0.3 is 14.8 Å². The van der Waals surface area contributed by atoms with E-state index in [0.717, 1.165) is 33.8 Å². The lowest BCUT2D eigenvalue weighted by Crippen LogP contribution is -2.38. The third kappa shape index (κ3) is 4.48. The smallest absolute Gasteiger partial charge is 0.227 e. The molecule has 1 aliphatic heterocycles. The molecule has 1 aliphatic carbocycles. The molecule has 3 aromatic carbocycles. The van der Waals surface area contributed by atoms with E-state index >= 15 is 0 Å². The minimum Gasteiger partial charge on any atom is -0.493 e. The zero-order valence-electron chi connectivity index (χ0n) is 21.7. The SMILES string of the molecule is CCC(=O)N1c2ccccc2NC2=C(C(=O)C[C@@H](c3ccc(OC)c(OC)c3)C2)[C@H]1c1ccc(C)cc1. The van der Waals surface area contributed by atoms with E-state index in [0.29, 0.717) is 36.3 Å². The number of allylic oxidation sites excluding steroid dienone is 1. The Bertz CT molecular complexity index is 1380. The van der Waals surface area contributed by atoms with Crippen molar-refractivity contribution in [2.75, 3.05) is 24.4 Å². The number of benzene rings is 3. The van der Waals surface area contributed by atoms with Crippen molar-refractivity contribution in [3.8, 4) is 11.5 Å². The predicted molar refractivity (Wildman–Crippen MR) is 145 cm³/mol. The number of aryl methyl sites for hydroxylation is 1. The molecule has 6 heteroatoms. The van der Waals surface area contributed by atoms with E-state index in [2.05, 4.69) is 5.32 Å². The largest absolute Gasteiger partial charge is 0.493 e. The Labute approximate surface area is 217 Å². The third-order valence-electron chi connectivity index (χ3n) is 7.33. The molecule has 0 spiro atoms. The summed E-state index contributed by atoms with van der Waals surface area (Å²) in [7, 11) is 3.23. The maximum Gasteiger partial charge on any atom is 0.227 e. The number of rotatable bonds is 5. The number of Topliss-reactive ketones (excluding diaryl/α,β-unsaturated/α-hetero) is 1. The van der Waals surface area contributed by atoms with Gasteiger partial charge in [0.1, 0.15) is 0 Å². The first-order valence-electron chi connectivity index (χ1n) is 12.7. The van der Waals surface area contributed by atoms with Crippen molar-refractivity contribution in [1.29, 1.82) is 0 Å². The maximum atomic E-state index is 14.0. The molecule has 3 aromatic rings. The van der Waals surface area contributed by atoms with Crippen molar-refractivity contribution in [1.82, 2.24) is 0 Å². The van der Waals surface area contributed by atoms with Gasteiger partial charge in [0.15, 0.2) is 17.3 Å². The molecule has 1 amide bonds. The van der Waals surface area contributed by atoms with Crippen LogP contribution < -0.4 is 19.7 Å². The molecule has 0 unspecified atom stereocenters. The molecule has 1 heterocycles. The number of carbonyl (C=O) groups is 2. The highest BCUT2D eigenvalue weighted by atomic mass is 16.5. The molecule has 5 rings (SSSR count). The summed E-state index contributed by atoms with van der Waals surface area (Å²) in [5.74, 6) is 1.29. The monoisotopic (exact) mass is 496 g/mol. The molecule has 6 nitrogen and oxygen atoms in total. The minimum atomic E-state index is -0.502. The Morgan fingerprint density at radius 1 is 0.946 bits per heavy atom. The van der Waals surface area contributed by atoms with Gasteiger partial charge in [-0.15, -0.1) is 0 Å². The highest BCUT2D eigenvalue weighted by Gasteiger charge is 2.41. The van der Waals surface area contributed by atoms with E-state index in [9.17, 15) is 9.59 Å². The van der Waals surface area contributed by atoms with Crippen molar-refractivity contribution in [3.63, 3.8) is 0 Å². The van der Waals surface area contributed by atoms with Gasteiger partial charge in [0.25, 0.3) is 0 Å². The van der Waals surface area contributed by atoms with Crippen LogP contribution in [-0.4, -0.2) is 25.9 Å². The van der Waals surface area contributed by atoms with E-state index in [4.69, 9.17) is 9.47 Å². The average molecular weight is 497 g/mol. The van der Waals surface area contributed by atoms with Gasteiger partial charge >= 0.3 is 0 Å². The number of nitrogens with zero attached hydrogens (tertiary/aromatic N) is 1. The van der Waals surface area contributed by atoms with Crippen LogP contribution >= 0.6 is 0 Å². The summed E-state index contributed by atoms with van der Waals surface area (Å²) in [4.78, 5) is 29.3. The normalized spacial score (nSPS) is 18.9. The number of hydrogen-bond donors (Lipinski definition) is 1. The molecule has 2 aliphatic rings. The van der Waals surface area contributed by atoms with E-state index in [1.165, 1.54) is 0 Å². The summed E-state index contributed by atoms with van der Waals surface area (Å²) in [6, 6.07) is 21.3. The van der Waals surface area contributed by atoms with Crippen molar-refractivity contribution < 1.29 is 19.1 Å². The molecule has 0 saturated heterocycles. The number of ketones is 1. The Morgan fingerprint density at radius 3 is 2.35 bits per heavy atom. The summed E-state index contributed by atoms with van der Waals surface area (Å²) in [6.07, 6.45) is 1.33. The molecule has 2 atom stereocenters. The summed E-state index contributed by atoms with van der Waals surface area (Å²) < 4.78 is 10.9. The fourth-order valence-electron chi connectivity index (χ4n) is 5.44. The average Bonchev–Trinajstić information content (AvgIpc) is 3.07. The summed E-state index contributed by atoms with van der Waals surface area (Å²) >= 11 is 0. The number of fused-ring (bicyclic) bond motifs is 1. The van der Waals surface area contributed by atoms with Gasteiger partial charge in [-0.1, -0.05) is 55.0 Å². The Hall–Kier alpha value is -4.06. The molecule has 1 N–H and O–H groups in total. The zero-order valence-corrected chi connectivity index (χ0v) is 21.7. The van der Waals surface area contributed by atoms with Gasteiger partial charge in [-0.3, -0.25) is 14.5 Å². The van der Waals surface area contributed by atoms with Gasteiger partial charge in [0.05, 0.1) is 31.6 Å². The van der Waals surface area contributed by atoms with Crippen LogP contribution in [0.5, 0.6) is 11.5 Å². The second-order valence-electron chi connectivity index (χ2n) is 9.61. The van der Waals surface area contributed by atoms with E-state index in [1.54, 1.807) is 14.2 Å². The van der Waals surface area contributed by atoms with Gasteiger partial charge in [-0.2, -0.15) is 0 Å². The number of carbonyl (C=O) groups excluding carboxylic acids is 2. The Kier molecular flexibility index (Phi) is 6.74. The summed E-state index contributed by atoms with van der Waals surface area (Å²) in [5, 5.41) is 3.57. The number of nitrogens with one attached hydrogen (secondary N) is 1. The Morgan fingerprint density at radius 2 is 1.65 bits per heavy atom. The van der Waals surface area contributed by atoms with Crippen LogP contribution in [-0.2, 0) is 9.59 Å². The molecule has 0 aromatic heterocycles. The second kappa shape index (κ2) is 10.1. The molecule has 0 fully saturated rings. The van der Waals surface area contributed by atoms with Gasteiger partial charge in [0.2, 0.25) is 5.91 Å². The summed E-state index contributed by atoms with van der Waals surface area (Å²) in [6.45, 7) is 3.90. The molecule has 0 radical (unpaired) electrons. The quantitative estimate of drug-likeness (QED) is 0.448. The molecular weight excluding hydrogens is 464 g/mol. The standard InChI is InChI=1S/C31H32N2O4/c1-5-29(35)33-25-9-7-6-8-23(25)32-24-16-22(21-14-15-27(36-3)28(18-21)37-4)17-26(34)30(24)31(33)20-12-10-19(2)11-13-20/h6-15,18,22,31-32H,5,16-17H2,1-4H3/t22-,31+/m0/s1. The molecule has 0 bridgehead atoms. The molecular formula is C31H32N2O4. The first kappa shape index (κ1) is 24.6. The topological polar surface area (TPSA) is 67.9 Å². The lowest BCUT2D eigenvalue weighted by atomic mass is 9.78. The molecule has 37 heavy (non-hydrogen) atoms. The van der Waals surface area contributed by atoms with Crippen molar-refractivity contribution in [2.45, 2.75) is 45.1 Å². The highest BCUT2D eigenvalue weighted by Crippen LogP contribution is 2.48. The van der Waals surface area contributed by atoms with Gasteiger partial charge in [0, 0.05) is 24.1 Å². The van der Waals surface area contributed by atoms with Gasteiger partial charge in [-0.25, -0.2) is 0 Å². The first-order valence-corrected chi connectivity index (χ1v) is 12.7. The van der Waals surface area contributed by atoms with Crippen molar-refractivity contribution in [2.24, 2.45) is 0 Å². The number of anilines is 2. The van der Waals surface area contributed by atoms with E-state index in [1.807, 2.05) is 85.5 Å². The summed E-state index contributed by atoms with van der Waals surface area (Å²) in [5.41, 5.74) is 6.21. The van der Waals surface area contributed by atoms with Crippen LogP contribution in [0.25, 0.3) is 0 Å². The first-order chi connectivity index (χ1) is 17.9. The minimum absolute atomic E-state index is 0.0246. The van der Waals surface area contributed by atoms with E-state index < -0.39 is 6.04 Å². The molecule has 190 valence electrons. The Balaban J connectivity index is 1.67. The fraction of sp³-hybridized carbons (Fsp3) is 0.290. The van der Waals surface area contributed by atoms with Crippen molar-refractivity contribution >= 4 is 23.1 Å². The van der Waals surface area contributed by atoms with Crippen LogP contribution in [0.15, 0.2) is 78.0 Å². The number of methoxy groups -OCH3 is 2. The predicted octanol–water partition coefficient (Wildman–Crippen LogP) is 6.32. The fourth-order valence-corrected chi connectivity index (χ4v) is 5.44. The van der Waals surface area contributed by atoms with Crippen LogP contribution in [0.4, 0.5) is 11.4 Å².